The molecule has 0 fully saturated rings. The first kappa shape index (κ1) is 36.5. The molecule has 4 nitrogen and oxygen atoms in total. The third kappa shape index (κ3) is 6.45. The van der Waals surface area contributed by atoms with Crippen LogP contribution in [0.3, 0.4) is 0 Å². The fourth-order valence-electron chi connectivity index (χ4n) is 8.56. The van der Waals surface area contributed by atoms with Crippen molar-refractivity contribution in [1.29, 1.82) is 0 Å². The Bertz CT molecular complexity index is 2890. The molecule has 0 bridgehead atoms. The minimum atomic E-state index is -0.269. The first-order chi connectivity index (χ1) is 28.3. The third-order valence-corrected chi connectivity index (χ3v) is 11.4. The summed E-state index contributed by atoms with van der Waals surface area (Å²) in [6.45, 7) is 11.3. The van der Waals surface area contributed by atoms with E-state index in [1.54, 1.807) is 12.1 Å². The molecule has 0 saturated heterocycles. The van der Waals surface area contributed by atoms with Crippen LogP contribution in [0.15, 0.2) is 177 Å². The SMILES string of the molecule is C=C/C=C\c1ccc(N(c2ccc(F)cc2)c2cccc3c2-c2ccccc2C3(C)C)c2ccc(/C=C\CN(c3ccccc3)c3cnc4ccccc4n3)c(C)c12. The molecule has 0 unspecified atom stereocenters. The lowest BCUT2D eigenvalue weighted by atomic mass is 9.82. The monoisotopic (exact) mass is 754 g/mol. The lowest BCUT2D eigenvalue weighted by Gasteiger charge is -2.30. The lowest BCUT2D eigenvalue weighted by Crippen LogP contribution is -2.18. The molecular weight excluding hydrogens is 712 g/mol. The van der Waals surface area contributed by atoms with Crippen molar-refractivity contribution in [3.05, 3.63) is 210 Å². The van der Waals surface area contributed by atoms with Gasteiger partial charge in [0.15, 0.2) is 5.82 Å². The normalized spacial score (nSPS) is 13.0. The molecule has 5 heteroatoms. The van der Waals surface area contributed by atoms with Gasteiger partial charge in [0.25, 0.3) is 0 Å². The summed E-state index contributed by atoms with van der Waals surface area (Å²) in [6.07, 6.45) is 12.2. The van der Waals surface area contributed by atoms with Crippen molar-refractivity contribution in [3.8, 4) is 11.1 Å². The van der Waals surface area contributed by atoms with Crippen LogP contribution in [-0.4, -0.2) is 16.5 Å². The second kappa shape index (κ2) is 15.1. The highest BCUT2D eigenvalue weighted by molar-refractivity contribution is 6.07. The van der Waals surface area contributed by atoms with E-state index in [1.807, 2.05) is 72.9 Å². The van der Waals surface area contributed by atoms with Crippen molar-refractivity contribution < 1.29 is 4.39 Å². The highest BCUT2D eigenvalue weighted by Crippen LogP contribution is 2.54. The van der Waals surface area contributed by atoms with E-state index >= 15 is 0 Å². The number of nitrogens with zero attached hydrogens (tertiary/aromatic N) is 4. The maximum absolute atomic E-state index is 14.6. The molecule has 282 valence electrons. The summed E-state index contributed by atoms with van der Waals surface area (Å²) in [5.74, 6) is 0.513. The van der Waals surface area contributed by atoms with Crippen molar-refractivity contribution in [2.45, 2.75) is 26.2 Å². The summed E-state index contributed by atoms with van der Waals surface area (Å²) in [5.41, 5.74) is 13.9. The Hall–Kier alpha value is -7.11. The Balaban J connectivity index is 1.18. The Morgan fingerprint density at radius 2 is 1.40 bits per heavy atom. The van der Waals surface area contributed by atoms with Crippen molar-refractivity contribution in [2.24, 2.45) is 0 Å². The number of para-hydroxylation sites is 3. The maximum Gasteiger partial charge on any atom is 0.152 e. The van der Waals surface area contributed by atoms with Crippen LogP contribution in [0.4, 0.5) is 33.0 Å². The Kier molecular flexibility index (Phi) is 9.50. The van der Waals surface area contributed by atoms with Crippen LogP contribution in [-0.2, 0) is 5.41 Å². The Morgan fingerprint density at radius 3 is 2.21 bits per heavy atom. The molecule has 0 spiro atoms. The molecule has 7 aromatic carbocycles. The topological polar surface area (TPSA) is 32.3 Å². The standard InChI is InChI=1S/C53H43FN4/c1-5-6-16-38-27-33-48(58(41-30-28-39(54)29-31-41)49-25-14-22-45-52(49)42-20-10-11-21-44(42)53(45,3)4)43-32-26-37(36(2)51(38)43)17-15-34-57(40-18-8-7-9-19-40)50-35-55-46-23-12-13-24-47(46)56-50/h5-33,35H,1,34H2,2-4H3/b16-6-,17-15-. The molecule has 1 aromatic heterocycles. The van der Waals surface area contributed by atoms with Crippen LogP contribution in [0.2, 0.25) is 0 Å². The summed E-state index contributed by atoms with van der Waals surface area (Å²) in [5, 5.41) is 2.23. The first-order valence-corrected chi connectivity index (χ1v) is 19.7. The fourth-order valence-corrected chi connectivity index (χ4v) is 8.56. The van der Waals surface area contributed by atoms with E-state index in [4.69, 9.17) is 9.97 Å². The number of anilines is 5. The molecule has 9 rings (SSSR count). The van der Waals surface area contributed by atoms with E-state index in [0.29, 0.717) is 6.54 Å². The molecule has 0 aliphatic heterocycles. The van der Waals surface area contributed by atoms with Gasteiger partial charge in [0.1, 0.15) is 5.82 Å². The lowest BCUT2D eigenvalue weighted by molar-refractivity contribution is 0.628. The van der Waals surface area contributed by atoms with Gasteiger partial charge in [0.2, 0.25) is 0 Å². The first-order valence-electron chi connectivity index (χ1n) is 19.7. The van der Waals surface area contributed by atoms with E-state index < -0.39 is 0 Å². The molecule has 1 heterocycles. The highest BCUT2D eigenvalue weighted by atomic mass is 19.1. The quantitative estimate of drug-likeness (QED) is 0.130. The van der Waals surface area contributed by atoms with Gasteiger partial charge in [0, 0.05) is 34.3 Å². The summed E-state index contributed by atoms with van der Waals surface area (Å²) < 4.78 is 14.6. The molecule has 0 amide bonds. The Labute approximate surface area is 339 Å². The number of fused-ring (bicyclic) bond motifs is 5. The summed E-state index contributed by atoms with van der Waals surface area (Å²) in [4.78, 5) is 14.2. The maximum atomic E-state index is 14.6. The fraction of sp³-hybridized carbons (Fsp3) is 0.0943. The number of aryl methyl sites for hydroxylation is 1. The van der Waals surface area contributed by atoms with E-state index in [0.717, 1.165) is 67.1 Å². The largest absolute Gasteiger partial charge is 0.321 e. The van der Waals surface area contributed by atoms with E-state index in [-0.39, 0.29) is 11.2 Å². The van der Waals surface area contributed by atoms with Gasteiger partial charge >= 0.3 is 0 Å². The van der Waals surface area contributed by atoms with Crippen LogP contribution in [0, 0.1) is 12.7 Å². The van der Waals surface area contributed by atoms with Gasteiger partial charge in [-0.25, -0.2) is 9.37 Å². The zero-order valence-electron chi connectivity index (χ0n) is 32.9. The van der Waals surface area contributed by atoms with Crippen molar-refractivity contribution in [2.75, 3.05) is 16.3 Å². The van der Waals surface area contributed by atoms with Crippen LogP contribution >= 0.6 is 0 Å². The van der Waals surface area contributed by atoms with Gasteiger partial charge in [-0.1, -0.05) is 136 Å². The second-order valence-electron chi connectivity index (χ2n) is 15.2. The third-order valence-electron chi connectivity index (χ3n) is 11.4. The summed E-state index contributed by atoms with van der Waals surface area (Å²) in [6, 6.07) is 49.2. The minimum Gasteiger partial charge on any atom is -0.321 e. The van der Waals surface area contributed by atoms with E-state index in [9.17, 15) is 4.39 Å². The predicted molar refractivity (Wildman–Crippen MR) is 242 cm³/mol. The highest BCUT2D eigenvalue weighted by Gasteiger charge is 2.38. The number of allylic oxidation sites excluding steroid dienone is 2. The van der Waals surface area contributed by atoms with Gasteiger partial charge in [-0.15, -0.1) is 0 Å². The molecular formula is C53H43FN4. The van der Waals surface area contributed by atoms with Gasteiger partial charge in [-0.3, -0.25) is 4.98 Å². The average Bonchev–Trinajstić information content (AvgIpc) is 3.49. The van der Waals surface area contributed by atoms with Gasteiger partial charge in [-0.05, 0) is 106 Å². The molecule has 0 N–H and O–H groups in total. The van der Waals surface area contributed by atoms with Crippen LogP contribution in [0.25, 0.3) is 45.1 Å². The number of halogens is 1. The number of rotatable bonds is 10. The molecule has 0 radical (unpaired) electrons. The Morgan fingerprint density at radius 1 is 0.672 bits per heavy atom. The van der Waals surface area contributed by atoms with Crippen molar-refractivity contribution in [3.63, 3.8) is 0 Å². The van der Waals surface area contributed by atoms with E-state index in [1.165, 1.54) is 22.3 Å². The predicted octanol–water partition coefficient (Wildman–Crippen LogP) is 14.1. The van der Waals surface area contributed by atoms with Crippen molar-refractivity contribution in [1.82, 2.24) is 9.97 Å². The molecule has 1 aliphatic rings. The smallest absolute Gasteiger partial charge is 0.152 e. The summed E-state index contributed by atoms with van der Waals surface area (Å²) in [7, 11) is 0. The molecule has 0 saturated carbocycles. The zero-order chi connectivity index (χ0) is 39.8. The van der Waals surface area contributed by atoms with Crippen LogP contribution < -0.4 is 9.80 Å². The minimum absolute atomic E-state index is 0.174. The van der Waals surface area contributed by atoms with E-state index in [2.05, 4.69) is 134 Å². The number of aromatic nitrogens is 2. The van der Waals surface area contributed by atoms with Crippen LogP contribution in [0.5, 0.6) is 0 Å². The van der Waals surface area contributed by atoms with Crippen molar-refractivity contribution >= 4 is 62.5 Å². The second-order valence-corrected chi connectivity index (χ2v) is 15.2. The van der Waals surface area contributed by atoms with Crippen LogP contribution in [0.1, 0.15) is 41.7 Å². The summed E-state index contributed by atoms with van der Waals surface area (Å²) >= 11 is 0. The number of benzene rings is 7. The van der Waals surface area contributed by atoms with Gasteiger partial charge in [-0.2, -0.15) is 0 Å². The molecule has 58 heavy (non-hydrogen) atoms. The molecule has 1 aliphatic carbocycles. The number of hydrogen-bond acceptors (Lipinski definition) is 4. The molecule has 0 atom stereocenters. The van der Waals surface area contributed by atoms with Gasteiger partial charge < -0.3 is 9.80 Å². The zero-order valence-corrected chi connectivity index (χ0v) is 32.9. The van der Waals surface area contributed by atoms with Gasteiger partial charge in [0.05, 0.1) is 28.6 Å². The molecule has 8 aromatic rings. The average molecular weight is 755 g/mol. The number of hydrogen-bond donors (Lipinski definition) is 0.